The normalized spacial score (nSPS) is 27.4. The molecule has 314 valence electrons. The molecule has 3 bridgehead atoms. The highest BCUT2D eigenvalue weighted by atomic mass is 32.1. The maximum Gasteiger partial charge on any atom is 0.264 e. The van der Waals surface area contributed by atoms with Crippen molar-refractivity contribution in [3.05, 3.63) is 125 Å². The number of thiophene rings is 1. The van der Waals surface area contributed by atoms with E-state index in [0.29, 0.717) is 5.41 Å². The minimum Gasteiger partial charge on any atom is -0.311 e. The molecular weight excluding hydrogens is 768 g/mol. The lowest BCUT2D eigenvalue weighted by molar-refractivity contribution is 0.163. The van der Waals surface area contributed by atoms with Gasteiger partial charge in [0.15, 0.2) is 0 Å². The zero-order valence-corrected chi connectivity index (χ0v) is 39.2. The fourth-order valence-corrected chi connectivity index (χ4v) is 16.2. The second kappa shape index (κ2) is 12.5. The Hall–Kier alpha value is -4.28. The molecule has 0 N–H and O–H groups in total. The lowest BCUT2D eigenvalue weighted by Gasteiger charge is -2.47. The van der Waals surface area contributed by atoms with Crippen molar-refractivity contribution < 1.29 is 0 Å². The predicted molar refractivity (Wildman–Crippen MR) is 266 cm³/mol. The predicted octanol–water partition coefficient (Wildman–Crippen LogP) is 14.1. The average Bonchev–Trinajstić information content (AvgIpc) is 3.71. The molecule has 3 fully saturated rings. The van der Waals surface area contributed by atoms with Crippen molar-refractivity contribution in [2.45, 2.75) is 147 Å². The van der Waals surface area contributed by atoms with Gasteiger partial charge < -0.3 is 9.80 Å². The van der Waals surface area contributed by atoms with Crippen molar-refractivity contribution in [3.63, 3.8) is 0 Å². The molecule has 1 aromatic heterocycles. The summed E-state index contributed by atoms with van der Waals surface area (Å²) in [5.74, 6) is 2.79. The monoisotopic (exact) mass is 830 g/mol. The SMILES string of the molecule is CC1(C)CCC(C)(C)c2cc(N3c4cc5c(cc4B4c6sc7ccc(C89CC%10CCC(C8)C(C%10)C9)cc7c6N(c6ccccc6)c6cccc3c64)C(C)(C)CCC5(C)C)ccc21. The highest BCUT2D eigenvalue weighted by Crippen LogP contribution is 2.63. The van der Waals surface area contributed by atoms with Crippen molar-refractivity contribution in [1.82, 2.24) is 0 Å². The van der Waals surface area contributed by atoms with E-state index in [0.717, 1.165) is 17.8 Å². The Balaban J connectivity index is 1.09. The Morgan fingerprint density at radius 2 is 1.21 bits per heavy atom. The minimum absolute atomic E-state index is 0.0999. The Morgan fingerprint density at radius 1 is 0.548 bits per heavy atom. The number of nitrogens with zero attached hydrogens (tertiary/aromatic N) is 2. The third-order valence-electron chi connectivity index (χ3n) is 18.5. The van der Waals surface area contributed by atoms with Gasteiger partial charge in [0.2, 0.25) is 0 Å². The van der Waals surface area contributed by atoms with Gasteiger partial charge in [-0.05, 0) is 196 Å². The lowest BCUT2D eigenvalue weighted by Crippen LogP contribution is -2.61. The van der Waals surface area contributed by atoms with E-state index >= 15 is 0 Å². The quantitative estimate of drug-likeness (QED) is 0.164. The smallest absolute Gasteiger partial charge is 0.264 e. The van der Waals surface area contributed by atoms with Crippen LogP contribution in [0.5, 0.6) is 0 Å². The van der Waals surface area contributed by atoms with Crippen LogP contribution in [0.3, 0.4) is 0 Å². The molecule has 6 aromatic rings. The molecule has 3 saturated carbocycles. The van der Waals surface area contributed by atoms with Gasteiger partial charge in [-0.25, -0.2) is 0 Å². The first-order chi connectivity index (χ1) is 29.6. The number of para-hydroxylation sites is 1. The maximum atomic E-state index is 2.72. The summed E-state index contributed by atoms with van der Waals surface area (Å²) >= 11 is 2.08. The van der Waals surface area contributed by atoms with Gasteiger partial charge >= 0.3 is 0 Å². The molecule has 2 nitrogen and oxygen atoms in total. The zero-order valence-electron chi connectivity index (χ0n) is 38.4. The fraction of sp³-hybridized carbons (Fsp3) is 0.448. The van der Waals surface area contributed by atoms with Crippen molar-refractivity contribution in [3.8, 4) is 0 Å². The molecule has 0 spiro atoms. The maximum absolute atomic E-state index is 2.72. The third kappa shape index (κ3) is 5.17. The summed E-state index contributed by atoms with van der Waals surface area (Å²) in [7, 11) is 0. The van der Waals surface area contributed by atoms with Gasteiger partial charge in [-0.2, -0.15) is 0 Å². The molecule has 5 aliphatic carbocycles. The molecule has 0 radical (unpaired) electrons. The number of fused-ring (bicyclic) bond motifs is 10. The molecular formula is C58H63BN2S. The van der Waals surface area contributed by atoms with Gasteiger partial charge in [0.25, 0.3) is 6.71 Å². The van der Waals surface area contributed by atoms with E-state index in [4.69, 9.17) is 0 Å². The molecule has 4 atom stereocenters. The van der Waals surface area contributed by atoms with Gasteiger partial charge in [0.05, 0.1) is 5.69 Å². The van der Waals surface area contributed by atoms with Crippen LogP contribution in [0, 0.1) is 17.8 Å². The zero-order chi connectivity index (χ0) is 42.3. The summed E-state index contributed by atoms with van der Waals surface area (Å²) in [4.78, 5) is 5.38. The molecule has 4 heteroatoms. The number of hydrogen-bond acceptors (Lipinski definition) is 3. The second-order valence-electron chi connectivity index (χ2n) is 24.0. The Morgan fingerprint density at radius 3 is 1.95 bits per heavy atom. The number of benzene rings is 5. The Labute approximate surface area is 375 Å². The number of rotatable bonds is 3. The highest BCUT2D eigenvalue weighted by molar-refractivity contribution is 7.33. The van der Waals surface area contributed by atoms with E-state index in [1.165, 1.54) is 141 Å². The van der Waals surface area contributed by atoms with E-state index in [-0.39, 0.29) is 28.4 Å². The van der Waals surface area contributed by atoms with Crippen LogP contribution in [-0.2, 0) is 27.1 Å². The fourth-order valence-electron chi connectivity index (χ4n) is 14.9. The van der Waals surface area contributed by atoms with Crippen LogP contribution in [-0.4, -0.2) is 6.71 Å². The van der Waals surface area contributed by atoms with Crippen molar-refractivity contribution in [2.75, 3.05) is 9.80 Å². The molecule has 4 unspecified atom stereocenters. The first-order valence-corrected chi connectivity index (χ1v) is 25.1. The minimum atomic E-state index is 0.0999. The van der Waals surface area contributed by atoms with Crippen molar-refractivity contribution >= 4 is 78.0 Å². The largest absolute Gasteiger partial charge is 0.311 e. The first kappa shape index (κ1) is 38.2. The summed E-state index contributed by atoms with van der Waals surface area (Å²) in [6.45, 7) is 20.0. The molecule has 5 aromatic carbocycles. The van der Waals surface area contributed by atoms with Crippen LogP contribution >= 0.6 is 11.3 Å². The molecule has 13 rings (SSSR count). The van der Waals surface area contributed by atoms with Gasteiger partial charge in [-0.1, -0.05) is 104 Å². The summed E-state index contributed by atoms with van der Waals surface area (Å²) in [6, 6.07) is 39.4. The third-order valence-corrected chi connectivity index (χ3v) is 19.7. The molecule has 2 aliphatic heterocycles. The van der Waals surface area contributed by atoms with Crippen LogP contribution in [0.4, 0.5) is 34.1 Å². The topological polar surface area (TPSA) is 6.48 Å². The Kier molecular flexibility index (Phi) is 7.70. The lowest BCUT2D eigenvalue weighted by atomic mass is 9.35. The first-order valence-electron chi connectivity index (χ1n) is 24.3. The number of hydrogen-bond donors (Lipinski definition) is 0. The van der Waals surface area contributed by atoms with Crippen LogP contribution in [0.25, 0.3) is 10.1 Å². The van der Waals surface area contributed by atoms with Crippen molar-refractivity contribution in [2.24, 2.45) is 17.8 Å². The summed E-state index contributed by atoms with van der Waals surface area (Å²) < 4.78 is 2.94. The molecule has 0 saturated heterocycles. The van der Waals surface area contributed by atoms with Gasteiger partial charge in [0, 0.05) is 43.3 Å². The molecule has 62 heavy (non-hydrogen) atoms. The average molecular weight is 831 g/mol. The molecule has 7 aliphatic rings. The highest BCUT2D eigenvalue weighted by Gasteiger charge is 2.54. The van der Waals surface area contributed by atoms with E-state index in [1.54, 1.807) is 11.1 Å². The second-order valence-corrected chi connectivity index (χ2v) is 25.1. The van der Waals surface area contributed by atoms with E-state index < -0.39 is 0 Å². The summed E-state index contributed by atoms with van der Waals surface area (Å²) in [6.07, 6.45) is 13.5. The molecule has 3 heterocycles. The molecule has 0 amide bonds. The van der Waals surface area contributed by atoms with Crippen LogP contribution in [0.2, 0.25) is 0 Å². The van der Waals surface area contributed by atoms with Gasteiger partial charge in [-0.3, -0.25) is 0 Å². The Bertz CT molecular complexity index is 2870. The van der Waals surface area contributed by atoms with E-state index in [1.807, 2.05) is 0 Å². The summed E-state index contributed by atoms with van der Waals surface area (Å²) in [5.41, 5.74) is 19.5. The van der Waals surface area contributed by atoms with Crippen molar-refractivity contribution in [1.29, 1.82) is 0 Å². The van der Waals surface area contributed by atoms with Crippen LogP contribution in [0.1, 0.15) is 147 Å². The standard InChI is InChI=1S/C58H63BN2S/c1-54(2)23-24-55(3,4)43-29-40(20-21-42(43)54)60-47-15-12-16-48-51(47)59(46-30-44-45(31-49(46)60)57(7,8)26-25-56(44,5)6)53-52(61(48)39-13-10-9-11-14-39)41-28-38(19-22-50(41)62-53)58-32-35-17-18-36(33-58)37(27-35)34-58/h9-16,19-22,28-31,35-37H,17-18,23-27,32-34H2,1-8H3. The number of anilines is 6. The van der Waals surface area contributed by atoms with Crippen LogP contribution < -0.4 is 25.5 Å². The summed E-state index contributed by atoms with van der Waals surface area (Å²) in [5, 5.41) is 1.46. The van der Waals surface area contributed by atoms with Gasteiger partial charge in [-0.15, -0.1) is 11.3 Å². The van der Waals surface area contributed by atoms with E-state index in [9.17, 15) is 0 Å². The van der Waals surface area contributed by atoms with Crippen LogP contribution in [0.15, 0.2) is 97.1 Å². The van der Waals surface area contributed by atoms with E-state index in [2.05, 4.69) is 174 Å². The van der Waals surface area contributed by atoms with Gasteiger partial charge in [0.1, 0.15) is 0 Å².